The van der Waals surface area contributed by atoms with Gasteiger partial charge in [0.15, 0.2) is 12.0 Å². The summed E-state index contributed by atoms with van der Waals surface area (Å²) in [5, 5.41) is 0. The van der Waals surface area contributed by atoms with Gasteiger partial charge in [-0.1, -0.05) is 12.1 Å². The van der Waals surface area contributed by atoms with Gasteiger partial charge in [0.1, 0.15) is 5.52 Å². The highest BCUT2D eigenvalue weighted by Crippen LogP contribution is 2.23. The highest BCUT2D eigenvalue weighted by molar-refractivity contribution is 7.89. The molecule has 2 heterocycles. The lowest BCUT2D eigenvalue weighted by Gasteiger charge is -2.11. The molecule has 2 aromatic heterocycles. The molecule has 0 amide bonds. The Bertz CT molecular complexity index is 883. The maximum absolute atomic E-state index is 12.0. The molecule has 0 atom stereocenters. The first kappa shape index (κ1) is 13.7. The van der Waals surface area contributed by atoms with Crippen molar-refractivity contribution in [3.8, 4) is 11.1 Å². The molecule has 1 aromatic carbocycles. The molecule has 0 fully saturated rings. The standard InChI is InChI=1S/C14H13N4O2S/c1-18(2)21(19,20)12-5-3-10(4-6-12)11-7-13-14(15-8-11)17-9-16-13/h3-8H,1-2H3,(H,15,16,17). The average molecular weight is 301 g/mol. The zero-order chi connectivity index (χ0) is 15.0. The fourth-order valence-corrected chi connectivity index (χ4v) is 2.87. The third-order valence-electron chi connectivity index (χ3n) is 3.18. The molecule has 3 rings (SSSR count). The van der Waals surface area contributed by atoms with Gasteiger partial charge >= 0.3 is 0 Å². The number of benzene rings is 1. The van der Waals surface area contributed by atoms with Crippen LogP contribution in [0.15, 0.2) is 41.4 Å². The number of aromatic amines is 1. The van der Waals surface area contributed by atoms with Crippen molar-refractivity contribution in [2.45, 2.75) is 4.90 Å². The number of nitrogens with one attached hydrogen (secondary N) is 1. The fraction of sp³-hybridized carbons (Fsp3) is 0.143. The van der Waals surface area contributed by atoms with Gasteiger partial charge in [0.25, 0.3) is 0 Å². The molecule has 0 aliphatic rings. The molecule has 1 radical (unpaired) electrons. The molecule has 0 unspecified atom stereocenters. The SMILES string of the molecule is CN(C)S(=O)(=O)c1ccc(-c2cnc3[nH][c]nc3c2)cc1. The van der Waals surface area contributed by atoms with Crippen LogP contribution < -0.4 is 0 Å². The van der Waals surface area contributed by atoms with Crippen LogP contribution in [0.2, 0.25) is 0 Å². The summed E-state index contributed by atoms with van der Waals surface area (Å²) in [7, 11) is -0.388. The first-order valence-corrected chi connectivity index (χ1v) is 7.67. The summed E-state index contributed by atoms with van der Waals surface area (Å²) in [6, 6.07) is 8.58. The molecule has 6 nitrogen and oxygen atoms in total. The summed E-state index contributed by atoms with van der Waals surface area (Å²) in [6.07, 6.45) is 4.35. The molecule has 1 N–H and O–H groups in total. The summed E-state index contributed by atoms with van der Waals surface area (Å²) in [6.45, 7) is 0. The molecule has 21 heavy (non-hydrogen) atoms. The van der Waals surface area contributed by atoms with Gasteiger partial charge in [-0.05, 0) is 23.8 Å². The number of fused-ring (bicyclic) bond motifs is 1. The molecule has 107 valence electrons. The van der Waals surface area contributed by atoms with E-state index in [-0.39, 0.29) is 4.90 Å². The van der Waals surface area contributed by atoms with Crippen molar-refractivity contribution in [3.63, 3.8) is 0 Å². The number of pyridine rings is 1. The Balaban J connectivity index is 2.00. The quantitative estimate of drug-likeness (QED) is 0.798. The van der Waals surface area contributed by atoms with E-state index in [0.29, 0.717) is 5.65 Å². The van der Waals surface area contributed by atoms with E-state index in [0.717, 1.165) is 16.6 Å². The van der Waals surface area contributed by atoms with Crippen molar-refractivity contribution in [2.75, 3.05) is 14.1 Å². The second kappa shape index (κ2) is 4.94. The lowest BCUT2D eigenvalue weighted by molar-refractivity contribution is 0.521. The van der Waals surface area contributed by atoms with Gasteiger partial charge in [-0.2, -0.15) is 0 Å². The fourth-order valence-electron chi connectivity index (χ4n) is 1.96. The van der Waals surface area contributed by atoms with Crippen molar-refractivity contribution in [3.05, 3.63) is 42.9 Å². The summed E-state index contributed by atoms with van der Waals surface area (Å²) >= 11 is 0. The molecular formula is C14H13N4O2S. The van der Waals surface area contributed by atoms with Gasteiger partial charge in [0.05, 0.1) is 4.90 Å². The Morgan fingerprint density at radius 1 is 1.14 bits per heavy atom. The highest BCUT2D eigenvalue weighted by atomic mass is 32.2. The maximum Gasteiger partial charge on any atom is 0.242 e. The van der Waals surface area contributed by atoms with Gasteiger partial charge in [-0.3, -0.25) is 0 Å². The molecule has 0 aliphatic heterocycles. The van der Waals surface area contributed by atoms with Gasteiger partial charge in [-0.25, -0.2) is 22.7 Å². The topological polar surface area (TPSA) is 79.0 Å². The van der Waals surface area contributed by atoms with Gasteiger partial charge in [0, 0.05) is 25.9 Å². The number of H-pyrrole nitrogens is 1. The van der Waals surface area contributed by atoms with Crippen LogP contribution in [0.25, 0.3) is 22.3 Å². The monoisotopic (exact) mass is 301 g/mol. The number of sulfonamides is 1. The minimum Gasteiger partial charge on any atom is -0.320 e. The Morgan fingerprint density at radius 3 is 2.52 bits per heavy atom. The van der Waals surface area contributed by atoms with E-state index in [4.69, 9.17) is 0 Å². The molecule has 0 bridgehead atoms. The van der Waals surface area contributed by atoms with Crippen molar-refractivity contribution < 1.29 is 8.42 Å². The normalized spacial score (nSPS) is 12.1. The van der Waals surface area contributed by atoms with E-state index in [1.54, 1.807) is 30.5 Å². The second-order valence-electron chi connectivity index (χ2n) is 4.75. The van der Waals surface area contributed by atoms with E-state index < -0.39 is 10.0 Å². The van der Waals surface area contributed by atoms with Crippen LogP contribution in [0.5, 0.6) is 0 Å². The van der Waals surface area contributed by atoms with E-state index in [1.165, 1.54) is 18.4 Å². The van der Waals surface area contributed by atoms with E-state index in [1.807, 2.05) is 6.07 Å². The number of imidazole rings is 1. The predicted molar refractivity (Wildman–Crippen MR) is 79.0 cm³/mol. The summed E-state index contributed by atoms with van der Waals surface area (Å²) < 4.78 is 25.2. The molecule has 0 saturated carbocycles. The highest BCUT2D eigenvalue weighted by Gasteiger charge is 2.16. The first-order valence-electron chi connectivity index (χ1n) is 6.23. The van der Waals surface area contributed by atoms with Crippen LogP contribution in [0.1, 0.15) is 0 Å². The number of nitrogens with zero attached hydrogens (tertiary/aromatic N) is 3. The van der Waals surface area contributed by atoms with Crippen LogP contribution in [0, 0.1) is 6.33 Å². The molecule has 0 spiro atoms. The summed E-state index contributed by atoms with van der Waals surface area (Å²) in [5.74, 6) is 0. The maximum atomic E-state index is 12.0. The second-order valence-corrected chi connectivity index (χ2v) is 6.90. The third kappa shape index (κ3) is 2.41. The van der Waals surface area contributed by atoms with Crippen molar-refractivity contribution in [2.24, 2.45) is 0 Å². The van der Waals surface area contributed by atoms with E-state index in [9.17, 15) is 8.42 Å². The first-order chi connectivity index (χ1) is 9.98. The third-order valence-corrected chi connectivity index (χ3v) is 5.01. The van der Waals surface area contributed by atoms with Crippen molar-refractivity contribution in [1.29, 1.82) is 0 Å². The van der Waals surface area contributed by atoms with Crippen LogP contribution in [-0.4, -0.2) is 41.8 Å². The summed E-state index contributed by atoms with van der Waals surface area (Å²) in [4.78, 5) is 11.4. The Kier molecular flexibility index (Phi) is 3.23. The van der Waals surface area contributed by atoms with E-state index >= 15 is 0 Å². The predicted octanol–water partition coefficient (Wildman–Crippen LogP) is 1.68. The number of rotatable bonds is 3. The Labute approximate surface area is 122 Å². The summed E-state index contributed by atoms with van der Waals surface area (Å²) in [5.41, 5.74) is 3.14. The minimum atomic E-state index is -3.41. The lowest BCUT2D eigenvalue weighted by atomic mass is 10.1. The minimum absolute atomic E-state index is 0.262. The molecule has 3 aromatic rings. The lowest BCUT2D eigenvalue weighted by Crippen LogP contribution is -2.22. The zero-order valence-corrected chi connectivity index (χ0v) is 12.3. The van der Waals surface area contributed by atoms with Crippen LogP contribution in [0.3, 0.4) is 0 Å². The van der Waals surface area contributed by atoms with Gasteiger partial charge < -0.3 is 4.98 Å². The average Bonchev–Trinajstić information content (AvgIpc) is 2.94. The molecule has 0 aliphatic carbocycles. The smallest absolute Gasteiger partial charge is 0.242 e. The Hall–Kier alpha value is -2.25. The number of hydrogen-bond acceptors (Lipinski definition) is 4. The molecule has 7 heteroatoms. The molecule has 0 saturated heterocycles. The van der Waals surface area contributed by atoms with Crippen LogP contribution in [-0.2, 0) is 10.0 Å². The van der Waals surface area contributed by atoms with Crippen LogP contribution >= 0.6 is 0 Å². The van der Waals surface area contributed by atoms with Crippen LogP contribution in [0.4, 0.5) is 0 Å². The Morgan fingerprint density at radius 2 is 1.86 bits per heavy atom. The van der Waals surface area contributed by atoms with E-state index in [2.05, 4.69) is 21.3 Å². The number of hydrogen-bond donors (Lipinski definition) is 1. The zero-order valence-electron chi connectivity index (χ0n) is 11.5. The van der Waals surface area contributed by atoms with Gasteiger partial charge in [0.2, 0.25) is 10.0 Å². The van der Waals surface area contributed by atoms with Crippen molar-refractivity contribution >= 4 is 21.2 Å². The van der Waals surface area contributed by atoms with Gasteiger partial charge in [-0.15, -0.1) is 0 Å². The number of aromatic nitrogens is 3. The molecular weight excluding hydrogens is 288 g/mol. The largest absolute Gasteiger partial charge is 0.320 e. The van der Waals surface area contributed by atoms with Crippen molar-refractivity contribution in [1.82, 2.24) is 19.3 Å².